The number of nitrogens with zero attached hydrogens (tertiary/aromatic N) is 6. The van der Waals surface area contributed by atoms with E-state index in [0.717, 1.165) is 24.2 Å². The summed E-state index contributed by atoms with van der Waals surface area (Å²) in [5.41, 5.74) is 4.08. The predicted molar refractivity (Wildman–Crippen MR) is 128 cm³/mol. The number of hydrazone groups is 1. The van der Waals surface area contributed by atoms with Crippen molar-refractivity contribution in [1.82, 2.24) is 22.4 Å². The van der Waals surface area contributed by atoms with Crippen LogP contribution in [0.2, 0.25) is 0 Å². The molecule has 0 radical (unpaired) electrons. The Labute approximate surface area is 218 Å². The van der Waals surface area contributed by atoms with E-state index in [9.17, 15) is 9.18 Å². The zero-order valence-electron chi connectivity index (χ0n) is 19.6. The Hall–Kier alpha value is -2.81. The molecule has 0 atom stereocenters. The third kappa shape index (κ3) is 4.70. The van der Waals surface area contributed by atoms with E-state index in [-0.39, 0.29) is 12.5 Å². The third-order valence-corrected chi connectivity index (χ3v) is 7.95. The fourth-order valence-electron chi connectivity index (χ4n) is 4.24. The van der Waals surface area contributed by atoms with Gasteiger partial charge < -0.3 is 4.74 Å². The van der Waals surface area contributed by atoms with Crippen molar-refractivity contribution in [1.29, 1.82) is 0 Å². The number of nitrogens with one attached hydrogen (secondary N) is 1. The van der Waals surface area contributed by atoms with Crippen LogP contribution in [-0.4, -0.2) is 81.9 Å². The Morgan fingerprint density at radius 1 is 1.31 bits per heavy atom. The number of amides is 1. The number of benzene rings is 1. The quantitative estimate of drug-likeness (QED) is 0.412. The van der Waals surface area contributed by atoms with Gasteiger partial charge >= 0.3 is 138 Å². The van der Waals surface area contributed by atoms with Gasteiger partial charge in [-0.05, 0) is 18.4 Å². The maximum absolute atomic E-state index is 14.9. The summed E-state index contributed by atoms with van der Waals surface area (Å²) >= 11 is 0.563. The monoisotopic (exact) mass is 671 g/mol. The molecule has 2 aliphatic heterocycles. The number of carbonyl (C=O) groups excluding carboxylic acids is 1. The van der Waals surface area contributed by atoms with E-state index >= 15 is 0 Å². The molecule has 3 aromatic rings. The van der Waals surface area contributed by atoms with Crippen LogP contribution in [-0.2, 0) is 35.5 Å². The number of anilines is 1. The van der Waals surface area contributed by atoms with Crippen molar-refractivity contribution in [2.45, 2.75) is 32.9 Å². The summed E-state index contributed by atoms with van der Waals surface area (Å²) in [5, 5.41) is 8.92. The summed E-state index contributed by atoms with van der Waals surface area (Å²) in [4.78, 5) is 22.3. The average Bonchev–Trinajstić information content (AvgIpc) is 3.24. The largest absolute Gasteiger partial charge is 0.375 e. The normalized spacial score (nSPS) is 15.7. The smallest absolute Gasteiger partial charge is 0.0892 e. The summed E-state index contributed by atoms with van der Waals surface area (Å²) in [6, 6.07) is 5.41. The van der Waals surface area contributed by atoms with Gasteiger partial charge in [-0.3, -0.25) is 4.40 Å². The summed E-state index contributed by atoms with van der Waals surface area (Å²) in [6.45, 7) is 4.53. The van der Waals surface area contributed by atoms with E-state index in [1.54, 1.807) is 28.7 Å². The number of ether oxygens (including phenoxy) is 2. The first kappa shape index (κ1) is 23.9. The van der Waals surface area contributed by atoms with Crippen molar-refractivity contribution in [3.8, 4) is 0 Å². The molecule has 0 saturated carbocycles. The number of methoxy groups -OCH3 is 1. The molecule has 1 aromatic carbocycles. The molecule has 4 heterocycles. The summed E-state index contributed by atoms with van der Waals surface area (Å²) in [6.07, 6.45) is 3.27. The van der Waals surface area contributed by atoms with Crippen LogP contribution in [0.4, 0.5) is 10.1 Å². The van der Waals surface area contributed by atoms with Crippen LogP contribution in [0.5, 0.6) is 0 Å². The van der Waals surface area contributed by atoms with Crippen LogP contribution in [0.3, 0.4) is 0 Å². The molecule has 2 aliphatic rings. The number of carbonyl (C=O) groups is 1. The van der Waals surface area contributed by atoms with Crippen molar-refractivity contribution < 1.29 is 18.7 Å². The standard InChI is InChI=1S/C23H26FN7O3.Tl/c1-3-17-20(30-12-15-6-9-34-13-18(15)28-22(30)27-17)21(32)26-11-14-4-5-19(16(24)10-14)31-8-7-25-23(29-31)33-2;/h4-5,10,12H,3,6-9,11,13H2,1-2H3,(H2,25,26,29,32);/q;+1/p-1. The van der Waals surface area contributed by atoms with E-state index in [4.69, 9.17) is 9.47 Å². The van der Waals surface area contributed by atoms with Crippen molar-refractivity contribution in [2.24, 2.45) is 5.10 Å². The number of rotatable bonds is 5. The van der Waals surface area contributed by atoms with Gasteiger partial charge in [0.25, 0.3) is 0 Å². The molecular formula is C23H25FN7O3Tl. The van der Waals surface area contributed by atoms with Gasteiger partial charge in [0, 0.05) is 6.20 Å². The second-order valence-corrected chi connectivity index (χ2v) is 10.7. The van der Waals surface area contributed by atoms with Gasteiger partial charge in [0.2, 0.25) is 5.78 Å². The number of aromatic nitrogens is 3. The molecule has 5 rings (SSSR count). The van der Waals surface area contributed by atoms with Crippen LogP contribution < -0.4 is 10.3 Å². The van der Waals surface area contributed by atoms with Crippen LogP contribution in [0.25, 0.3) is 5.78 Å². The first-order valence-corrected chi connectivity index (χ1v) is 13.5. The van der Waals surface area contributed by atoms with Crippen LogP contribution >= 0.6 is 0 Å². The molecule has 2 aromatic heterocycles. The molecular weight excluding hydrogens is 646 g/mol. The first-order chi connectivity index (χ1) is 17.0. The molecule has 0 saturated heterocycles. The van der Waals surface area contributed by atoms with E-state index in [0.29, 0.717) is 86.7 Å². The number of aryl methyl sites for hydroxylation is 1. The number of halogens is 1. The van der Waals surface area contributed by atoms with Crippen molar-refractivity contribution in [3.05, 3.63) is 58.4 Å². The number of hydrogen-bond donors (Lipinski definition) is 1. The summed E-state index contributed by atoms with van der Waals surface area (Å²) in [5.74, 6) is -0.189. The van der Waals surface area contributed by atoms with Crippen molar-refractivity contribution >= 4 is 49.5 Å². The molecule has 0 unspecified atom stereocenters. The van der Waals surface area contributed by atoms with Gasteiger partial charge in [-0.25, -0.2) is 9.97 Å². The zero-order chi connectivity index (χ0) is 24.5. The minimum Gasteiger partial charge on any atom is -0.375 e. The van der Waals surface area contributed by atoms with E-state index < -0.39 is 5.82 Å². The maximum atomic E-state index is 14.9. The molecule has 12 heteroatoms. The molecule has 0 fully saturated rings. The average molecular weight is 671 g/mol. The molecule has 35 heavy (non-hydrogen) atoms. The number of amidine groups is 1. The third-order valence-electron chi connectivity index (χ3n) is 6.09. The number of imidazole rings is 1. The number of hydrogen-bond acceptors (Lipinski definition) is 8. The van der Waals surface area contributed by atoms with Crippen molar-refractivity contribution in [3.63, 3.8) is 0 Å². The predicted octanol–water partition coefficient (Wildman–Crippen LogP) is 1.56. The van der Waals surface area contributed by atoms with Gasteiger partial charge in [0.1, 0.15) is 0 Å². The van der Waals surface area contributed by atoms with E-state index in [1.807, 2.05) is 15.8 Å². The Morgan fingerprint density at radius 3 is 2.94 bits per heavy atom. The second-order valence-electron chi connectivity index (χ2n) is 8.32. The van der Waals surface area contributed by atoms with Crippen LogP contribution in [0.15, 0.2) is 29.5 Å². The SMILES string of the molecule is CCc1nc2nc3c(cn2c1C(=O)NCc1ccc(N2CC[N]([Tl])C(OC)=N2)c(F)c1)CCOC3. The Kier molecular flexibility index (Phi) is 6.87. The van der Waals surface area contributed by atoms with E-state index in [1.165, 1.54) is 6.07 Å². The first-order valence-electron chi connectivity index (χ1n) is 11.4. The second kappa shape index (κ2) is 10.0. The summed E-state index contributed by atoms with van der Waals surface area (Å²) in [7, 11) is 1.56. The van der Waals surface area contributed by atoms with Crippen molar-refractivity contribution in [2.75, 3.05) is 31.8 Å². The van der Waals surface area contributed by atoms with Gasteiger partial charge in [-0.15, -0.1) is 0 Å². The zero-order valence-corrected chi connectivity index (χ0v) is 24.1. The van der Waals surface area contributed by atoms with Gasteiger partial charge in [-0.2, -0.15) is 0 Å². The topological polar surface area (TPSA) is 96.6 Å². The molecule has 180 valence electrons. The van der Waals surface area contributed by atoms with Crippen LogP contribution in [0, 0.1) is 5.82 Å². The molecule has 10 nitrogen and oxygen atoms in total. The number of fused-ring (bicyclic) bond motifs is 2. The van der Waals surface area contributed by atoms with Gasteiger partial charge in [0.05, 0.1) is 24.6 Å². The Balaban J connectivity index is 1.34. The minimum atomic E-state index is -0.401. The maximum Gasteiger partial charge on any atom is 0.0892 e. The molecule has 1 amide bonds. The van der Waals surface area contributed by atoms with Gasteiger partial charge in [-0.1, -0.05) is 6.92 Å². The Morgan fingerprint density at radius 2 is 2.17 bits per heavy atom. The molecule has 1 N–H and O–H groups in total. The fraction of sp³-hybridized carbons (Fsp3) is 0.391. The van der Waals surface area contributed by atoms with E-state index in [2.05, 4.69) is 20.4 Å². The molecule has 0 bridgehead atoms. The Bertz CT molecular complexity index is 1310. The fourth-order valence-corrected chi connectivity index (χ4v) is 5.30. The van der Waals surface area contributed by atoms with Gasteiger partial charge in [0.15, 0.2) is 0 Å². The van der Waals surface area contributed by atoms with Crippen LogP contribution in [0.1, 0.15) is 39.9 Å². The minimum absolute atomic E-state index is 0.181. The molecule has 0 spiro atoms. The molecule has 0 aliphatic carbocycles. The summed E-state index contributed by atoms with van der Waals surface area (Å²) < 4.78 is 29.5.